The average molecular weight is 410 g/mol. The molecule has 3 rings (SSSR count). The Morgan fingerprint density at radius 3 is 2.67 bits per heavy atom. The first-order valence-electron chi connectivity index (χ1n) is 9.50. The molecule has 0 saturated carbocycles. The molecule has 0 aliphatic rings. The number of ether oxygens (including phenoxy) is 2. The fourth-order valence-corrected chi connectivity index (χ4v) is 3.06. The molecule has 0 unspecified atom stereocenters. The second-order valence-electron chi connectivity index (χ2n) is 6.46. The molecule has 0 radical (unpaired) electrons. The zero-order chi connectivity index (χ0) is 21.5. The number of benzene rings is 2. The van der Waals surface area contributed by atoms with Crippen LogP contribution >= 0.6 is 0 Å². The number of aliphatic hydroxyl groups is 1. The highest BCUT2D eigenvalue weighted by molar-refractivity contribution is 5.98. The average Bonchev–Trinajstić information content (AvgIpc) is 2.78. The van der Waals surface area contributed by atoms with E-state index in [0.717, 1.165) is 0 Å². The molecule has 6 nitrogen and oxygen atoms in total. The summed E-state index contributed by atoms with van der Waals surface area (Å²) in [6, 6.07) is 13.2. The van der Waals surface area contributed by atoms with Gasteiger partial charge in [0, 0.05) is 23.9 Å². The van der Waals surface area contributed by atoms with Gasteiger partial charge in [0.05, 0.1) is 31.6 Å². The number of halogens is 1. The molecule has 2 aromatic carbocycles. The van der Waals surface area contributed by atoms with Crippen molar-refractivity contribution in [3.63, 3.8) is 0 Å². The van der Waals surface area contributed by atoms with Crippen molar-refractivity contribution in [1.29, 1.82) is 0 Å². The van der Waals surface area contributed by atoms with E-state index in [-0.39, 0.29) is 24.8 Å². The van der Waals surface area contributed by atoms with Crippen molar-refractivity contribution in [2.45, 2.75) is 20.1 Å². The largest absolute Gasteiger partial charge is 0.494 e. The zero-order valence-electron chi connectivity index (χ0n) is 16.8. The van der Waals surface area contributed by atoms with Crippen molar-refractivity contribution in [3.8, 4) is 22.8 Å². The lowest BCUT2D eigenvalue weighted by Crippen LogP contribution is -2.23. The van der Waals surface area contributed by atoms with Gasteiger partial charge in [-0.15, -0.1) is 0 Å². The van der Waals surface area contributed by atoms with Crippen molar-refractivity contribution in [1.82, 2.24) is 10.3 Å². The van der Waals surface area contributed by atoms with Crippen molar-refractivity contribution < 1.29 is 23.8 Å². The Morgan fingerprint density at radius 2 is 1.97 bits per heavy atom. The number of amides is 1. The zero-order valence-corrected chi connectivity index (χ0v) is 16.8. The van der Waals surface area contributed by atoms with Crippen LogP contribution in [-0.4, -0.2) is 29.7 Å². The van der Waals surface area contributed by atoms with E-state index in [4.69, 9.17) is 9.47 Å². The van der Waals surface area contributed by atoms with Crippen LogP contribution in [0.2, 0.25) is 0 Å². The van der Waals surface area contributed by atoms with Gasteiger partial charge in [-0.3, -0.25) is 9.78 Å². The number of pyridine rings is 1. The third-order valence-corrected chi connectivity index (χ3v) is 4.53. The molecule has 0 aliphatic heterocycles. The van der Waals surface area contributed by atoms with Crippen molar-refractivity contribution in [2.75, 3.05) is 13.7 Å². The predicted molar refractivity (Wildman–Crippen MR) is 111 cm³/mol. The quantitative estimate of drug-likeness (QED) is 0.592. The Hall–Kier alpha value is -3.45. The standard InChI is InChI=1S/C23H23FN2O4/c1-3-30-20-9-7-16(22-17(14-27)5-4-10-25-22)12-18(20)23(28)26-13-15-6-8-21(29-2)19(24)11-15/h4-12,27H,3,13-14H2,1-2H3,(H,26,28). The minimum atomic E-state index is -0.493. The fourth-order valence-electron chi connectivity index (χ4n) is 3.06. The van der Waals surface area contributed by atoms with E-state index in [1.54, 1.807) is 42.6 Å². The minimum absolute atomic E-state index is 0.140. The topological polar surface area (TPSA) is 80.7 Å². The van der Waals surface area contributed by atoms with Crippen molar-refractivity contribution >= 4 is 5.91 Å². The lowest BCUT2D eigenvalue weighted by Gasteiger charge is -2.14. The van der Waals surface area contributed by atoms with Gasteiger partial charge < -0.3 is 19.9 Å². The number of aliphatic hydroxyl groups excluding tert-OH is 1. The second kappa shape index (κ2) is 9.84. The van der Waals surface area contributed by atoms with E-state index in [1.165, 1.54) is 19.2 Å². The van der Waals surface area contributed by atoms with Gasteiger partial charge in [0.1, 0.15) is 5.75 Å². The molecule has 0 atom stereocenters. The summed E-state index contributed by atoms with van der Waals surface area (Å²) in [4.78, 5) is 17.2. The van der Waals surface area contributed by atoms with Crippen LogP contribution in [-0.2, 0) is 13.2 Å². The van der Waals surface area contributed by atoms with Crippen LogP contribution in [0.5, 0.6) is 11.5 Å². The molecular weight excluding hydrogens is 387 g/mol. The summed E-state index contributed by atoms with van der Waals surface area (Å²) < 4.78 is 24.4. The maximum atomic E-state index is 13.9. The van der Waals surface area contributed by atoms with Crippen LogP contribution in [0.3, 0.4) is 0 Å². The number of rotatable bonds is 8. The van der Waals surface area contributed by atoms with Crippen molar-refractivity contribution in [3.05, 3.63) is 77.2 Å². The molecule has 2 N–H and O–H groups in total. The summed E-state index contributed by atoms with van der Waals surface area (Å²) in [5.41, 5.74) is 2.86. The number of nitrogens with zero attached hydrogens (tertiary/aromatic N) is 1. The summed E-state index contributed by atoms with van der Waals surface area (Å²) in [7, 11) is 1.39. The first kappa shape index (κ1) is 21.3. The van der Waals surface area contributed by atoms with Gasteiger partial charge in [0.2, 0.25) is 0 Å². The lowest BCUT2D eigenvalue weighted by molar-refractivity contribution is 0.0947. The van der Waals surface area contributed by atoms with Crippen LogP contribution in [0.1, 0.15) is 28.4 Å². The fraction of sp³-hybridized carbons (Fsp3) is 0.217. The molecular formula is C23H23FN2O4. The van der Waals surface area contributed by atoms with Gasteiger partial charge in [0.25, 0.3) is 5.91 Å². The highest BCUT2D eigenvalue weighted by Gasteiger charge is 2.16. The van der Waals surface area contributed by atoms with Gasteiger partial charge in [-0.05, 0) is 48.9 Å². The minimum Gasteiger partial charge on any atom is -0.494 e. The molecule has 0 spiro atoms. The number of hydrogen-bond acceptors (Lipinski definition) is 5. The first-order chi connectivity index (χ1) is 14.6. The molecule has 0 fully saturated rings. The number of carbonyl (C=O) groups excluding carboxylic acids is 1. The molecule has 0 aliphatic carbocycles. The summed E-state index contributed by atoms with van der Waals surface area (Å²) in [5, 5.41) is 12.4. The molecule has 0 saturated heterocycles. The Balaban J connectivity index is 1.87. The maximum absolute atomic E-state index is 13.9. The molecule has 30 heavy (non-hydrogen) atoms. The smallest absolute Gasteiger partial charge is 0.255 e. The number of nitrogens with one attached hydrogen (secondary N) is 1. The van der Waals surface area contributed by atoms with E-state index < -0.39 is 5.82 Å². The van der Waals surface area contributed by atoms with Crippen LogP contribution in [0.15, 0.2) is 54.7 Å². The first-order valence-corrected chi connectivity index (χ1v) is 9.50. The summed E-state index contributed by atoms with van der Waals surface area (Å²) in [5.74, 6) is -0.279. The van der Waals surface area contributed by atoms with Gasteiger partial charge in [-0.25, -0.2) is 4.39 Å². The van der Waals surface area contributed by atoms with Gasteiger partial charge in [-0.2, -0.15) is 0 Å². The summed E-state index contributed by atoms with van der Waals surface area (Å²) in [6.07, 6.45) is 1.63. The monoisotopic (exact) mass is 410 g/mol. The van der Waals surface area contributed by atoms with Gasteiger partial charge in [0.15, 0.2) is 11.6 Å². The molecule has 7 heteroatoms. The maximum Gasteiger partial charge on any atom is 0.255 e. The molecule has 1 heterocycles. The number of hydrogen-bond donors (Lipinski definition) is 2. The van der Waals surface area contributed by atoms with Gasteiger partial charge in [-0.1, -0.05) is 12.1 Å². The Morgan fingerprint density at radius 1 is 1.17 bits per heavy atom. The third-order valence-electron chi connectivity index (χ3n) is 4.53. The summed E-state index contributed by atoms with van der Waals surface area (Å²) >= 11 is 0. The van der Waals surface area contributed by atoms with Crippen LogP contribution in [0.25, 0.3) is 11.3 Å². The van der Waals surface area contributed by atoms with Gasteiger partial charge >= 0.3 is 0 Å². The summed E-state index contributed by atoms with van der Waals surface area (Å²) in [6.45, 7) is 2.20. The van der Waals surface area contributed by atoms with E-state index >= 15 is 0 Å². The molecule has 156 valence electrons. The number of methoxy groups -OCH3 is 1. The SMILES string of the molecule is CCOc1ccc(-c2ncccc2CO)cc1C(=O)NCc1ccc(OC)c(F)c1. The van der Waals surface area contributed by atoms with Crippen LogP contribution < -0.4 is 14.8 Å². The normalized spacial score (nSPS) is 10.5. The third kappa shape index (κ3) is 4.75. The number of carbonyl (C=O) groups is 1. The van der Waals surface area contributed by atoms with E-state index in [1.807, 2.05) is 6.92 Å². The molecule has 0 bridgehead atoms. The Labute approximate surface area is 174 Å². The molecule has 1 aromatic heterocycles. The molecule has 1 amide bonds. The Kier molecular flexibility index (Phi) is 6.98. The van der Waals surface area contributed by atoms with E-state index in [0.29, 0.717) is 40.3 Å². The Bertz CT molecular complexity index is 1040. The van der Waals surface area contributed by atoms with E-state index in [9.17, 15) is 14.3 Å². The number of aromatic nitrogens is 1. The highest BCUT2D eigenvalue weighted by atomic mass is 19.1. The van der Waals surface area contributed by atoms with Crippen LogP contribution in [0.4, 0.5) is 4.39 Å². The second-order valence-corrected chi connectivity index (χ2v) is 6.46. The van der Waals surface area contributed by atoms with E-state index in [2.05, 4.69) is 10.3 Å². The highest BCUT2D eigenvalue weighted by Crippen LogP contribution is 2.28. The van der Waals surface area contributed by atoms with Crippen molar-refractivity contribution in [2.24, 2.45) is 0 Å². The molecule has 3 aromatic rings. The van der Waals surface area contributed by atoms with Crippen LogP contribution in [0, 0.1) is 5.82 Å². The predicted octanol–water partition coefficient (Wildman–Crippen LogP) is 3.72. The lowest BCUT2D eigenvalue weighted by atomic mass is 10.0.